The molecule has 13 heteroatoms. The molecule has 13 N–H and O–H groups in total. The second kappa shape index (κ2) is 11.0. The Bertz CT molecular complexity index is 633. The van der Waals surface area contributed by atoms with Crippen LogP contribution in [0.25, 0.3) is 0 Å². The number of nitrogens with two attached hydrogens (primary N) is 4. The Morgan fingerprint density at radius 1 is 0.970 bits per heavy atom. The van der Waals surface area contributed by atoms with Crippen LogP contribution in [-0.2, 0) is 18.9 Å². The van der Waals surface area contributed by atoms with E-state index in [1.54, 1.807) is 7.05 Å². The van der Waals surface area contributed by atoms with Crippen LogP contribution in [0, 0.1) is 0 Å². The summed E-state index contributed by atoms with van der Waals surface area (Å²) in [6.07, 6.45) is -6.22. The topological polar surface area (TPSA) is 234 Å². The highest BCUT2D eigenvalue weighted by Crippen LogP contribution is 2.33. The molecule has 0 spiro atoms. The van der Waals surface area contributed by atoms with Crippen LogP contribution < -0.4 is 28.3 Å². The summed E-state index contributed by atoms with van der Waals surface area (Å²) in [5.41, 5.74) is 22.8. The first-order valence-corrected chi connectivity index (χ1v) is 11.5. The van der Waals surface area contributed by atoms with E-state index in [1.807, 2.05) is 0 Å². The van der Waals surface area contributed by atoms with Gasteiger partial charge in [-0.1, -0.05) is 0 Å². The number of ether oxygens (including phenoxy) is 4. The van der Waals surface area contributed by atoms with E-state index < -0.39 is 79.5 Å². The second-order valence-electron chi connectivity index (χ2n) is 9.52. The number of nitrogens with one attached hydrogen (secondary N) is 1. The molecule has 0 aromatic carbocycles. The summed E-state index contributed by atoms with van der Waals surface area (Å²) in [5.74, 6) is 0. The first kappa shape index (κ1) is 27.1. The molecule has 33 heavy (non-hydrogen) atoms. The van der Waals surface area contributed by atoms with Crippen LogP contribution in [-0.4, -0.2) is 120 Å². The highest BCUT2D eigenvalue weighted by molar-refractivity contribution is 5.04. The average Bonchev–Trinajstić information content (AvgIpc) is 2.76. The molecular formula is C20H41N5O8. The van der Waals surface area contributed by atoms with Gasteiger partial charge in [-0.05, 0) is 33.2 Å². The predicted octanol–water partition coefficient (Wildman–Crippen LogP) is -4.62. The van der Waals surface area contributed by atoms with Crippen molar-refractivity contribution in [1.29, 1.82) is 0 Å². The summed E-state index contributed by atoms with van der Waals surface area (Å²) in [6.45, 7) is 1.26. The minimum atomic E-state index is -1.57. The van der Waals surface area contributed by atoms with Crippen LogP contribution in [0.15, 0.2) is 0 Å². The Labute approximate surface area is 193 Å². The van der Waals surface area contributed by atoms with Gasteiger partial charge in [-0.25, -0.2) is 0 Å². The lowest BCUT2D eigenvalue weighted by atomic mass is 9.82. The Kier molecular flexibility index (Phi) is 9.05. The maximum absolute atomic E-state index is 11.1. The normalized spacial score (nSPS) is 51.5. The lowest BCUT2D eigenvalue weighted by Crippen LogP contribution is -2.71. The number of rotatable bonds is 7. The van der Waals surface area contributed by atoms with E-state index in [0.29, 0.717) is 19.4 Å². The van der Waals surface area contributed by atoms with Gasteiger partial charge in [0.1, 0.15) is 36.1 Å². The van der Waals surface area contributed by atoms with Gasteiger partial charge in [0.25, 0.3) is 0 Å². The highest BCUT2D eigenvalue weighted by atomic mass is 16.7. The van der Waals surface area contributed by atoms with Crippen molar-refractivity contribution in [3.8, 4) is 0 Å². The first-order chi connectivity index (χ1) is 15.5. The third-order valence-corrected chi connectivity index (χ3v) is 7.08. The van der Waals surface area contributed by atoms with Crippen LogP contribution in [0.2, 0.25) is 0 Å². The first-order valence-electron chi connectivity index (χ1n) is 11.5. The van der Waals surface area contributed by atoms with E-state index in [2.05, 4.69) is 5.32 Å². The molecule has 0 unspecified atom stereocenters. The van der Waals surface area contributed by atoms with Crippen molar-refractivity contribution in [2.24, 2.45) is 22.9 Å². The molecule has 0 amide bonds. The Morgan fingerprint density at radius 3 is 2.12 bits per heavy atom. The molecule has 3 fully saturated rings. The van der Waals surface area contributed by atoms with Gasteiger partial charge in [0, 0.05) is 18.6 Å². The summed E-state index contributed by atoms with van der Waals surface area (Å²) in [6, 6.07) is -2.58. The van der Waals surface area contributed by atoms with Gasteiger partial charge in [-0.2, -0.15) is 0 Å². The van der Waals surface area contributed by atoms with Crippen LogP contribution in [0.5, 0.6) is 0 Å². The van der Waals surface area contributed by atoms with Crippen molar-refractivity contribution < 1.29 is 39.4 Å². The van der Waals surface area contributed by atoms with Gasteiger partial charge in [-0.15, -0.1) is 0 Å². The number of likely N-dealkylation sites (N-methyl/N-ethyl adjacent to an activating group) is 1. The molecule has 2 heterocycles. The van der Waals surface area contributed by atoms with Crippen molar-refractivity contribution in [3.05, 3.63) is 0 Å². The molecule has 2 aliphatic heterocycles. The second-order valence-corrected chi connectivity index (χ2v) is 9.52. The Balaban J connectivity index is 1.73. The Morgan fingerprint density at radius 2 is 1.58 bits per heavy atom. The maximum atomic E-state index is 11.1. The van der Waals surface area contributed by atoms with Crippen molar-refractivity contribution in [2.75, 3.05) is 20.2 Å². The molecule has 1 aliphatic carbocycles. The molecule has 0 aromatic heterocycles. The molecule has 2 saturated heterocycles. The fourth-order valence-corrected chi connectivity index (χ4v) is 5.01. The minimum Gasteiger partial charge on any atom is -0.394 e. The van der Waals surface area contributed by atoms with Crippen molar-refractivity contribution in [1.82, 2.24) is 5.32 Å². The monoisotopic (exact) mass is 479 g/mol. The zero-order chi connectivity index (χ0) is 24.5. The zero-order valence-corrected chi connectivity index (χ0v) is 19.2. The fraction of sp³-hybridized carbons (Fsp3) is 1.00. The number of aliphatic hydroxyl groups is 4. The van der Waals surface area contributed by atoms with Gasteiger partial charge < -0.3 is 67.6 Å². The largest absolute Gasteiger partial charge is 0.394 e. The molecule has 194 valence electrons. The van der Waals surface area contributed by atoms with Gasteiger partial charge in [-0.3, -0.25) is 0 Å². The molecule has 0 radical (unpaired) electrons. The highest BCUT2D eigenvalue weighted by Gasteiger charge is 2.54. The number of hydrogen-bond acceptors (Lipinski definition) is 13. The van der Waals surface area contributed by atoms with E-state index in [0.717, 1.165) is 0 Å². The van der Waals surface area contributed by atoms with E-state index in [-0.39, 0.29) is 12.5 Å². The third kappa shape index (κ3) is 5.51. The quantitative estimate of drug-likeness (QED) is 0.167. The molecule has 0 aromatic rings. The van der Waals surface area contributed by atoms with Crippen molar-refractivity contribution in [2.45, 2.75) is 105 Å². The lowest BCUT2D eigenvalue weighted by molar-refractivity contribution is -0.330. The lowest BCUT2D eigenvalue weighted by Gasteiger charge is -2.50. The third-order valence-electron chi connectivity index (χ3n) is 7.08. The van der Waals surface area contributed by atoms with Gasteiger partial charge >= 0.3 is 0 Å². The summed E-state index contributed by atoms with van der Waals surface area (Å²) in [7, 11) is 1.56. The van der Waals surface area contributed by atoms with Crippen LogP contribution in [0.4, 0.5) is 0 Å². The molecular weight excluding hydrogens is 438 g/mol. The van der Waals surface area contributed by atoms with E-state index in [9.17, 15) is 20.4 Å². The molecule has 13 atom stereocenters. The van der Waals surface area contributed by atoms with E-state index in [4.69, 9.17) is 41.9 Å². The summed E-state index contributed by atoms with van der Waals surface area (Å²) < 4.78 is 23.4. The minimum absolute atomic E-state index is 0.200. The summed E-state index contributed by atoms with van der Waals surface area (Å²) in [5, 5.41) is 45.1. The standard InChI is InChI=1S/C20H41N5O8/c1-20(29)12(7-26)31-19(14(28)17(20)25-2)33-16-11(24)5-10(23)15(13(16)27)32-18-9(22)4-3-8(6-21)30-18/h8-19,25-29H,3-7,21-24H2,1-2H3/t8-,9-,10-,11-,12-,13-,14-,15+,16+,17+,18+,19+,20-/m0/s1. The van der Waals surface area contributed by atoms with E-state index in [1.165, 1.54) is 6.92 Å². The maximum Gasteiger partial charge on any atom is 0.186 e. The van der Waals surface area contributed by atoms with E-state index >= 15 is 0 Å². The van der Waals surface area contributed by atoms with Crippen LogP contribution >= 0.6 is 0 Å². The van der Waals surface area contributed by atoms with Gasteiger partial charge in [0.05, 0.1) is 24.8 Å². The average molecular weight is 480 g/mol. The molecule has 1 saturated carbocycles. The zero-order valence-electron chi connectivity index (χ0n) is 19.2. The van der Waals surface area contributed by atoms with Crippen molar-refractivity contribution >= 4 is 0 Å². The molecule has 3 aliphatic rings. The SMILES string of the molecule is CN[C@@H]1[C@H](O)[C@@H](O[C@H]2[C@@H](O)[C@H](O[C@H]3O[C@H](CN)CC[C@@H]3N)[C@@H](N)C[C@@H]2N)O[C@@H](CO)[C@]1(C)O. The fourth-order valence-electron chi connectivity index (χ4n) is 5.01. The van der Waals surface area contributed by atoms with Crippen LogP contribution in [0.1, 0.15) is 26.2 Å². The Hall–Kier alpha value is -0.520. The van der Waals surface area contributed by atoms with Gasteiger partial charge in [0.2, 0.25) is 0 Å². The molecule has 13 nitrogen and oxygen atoms in total. The van der Waals surface area contributed by atoms with Crippen molar-refractivity contribution in [3.63, 3.8) is 0 Å². The number of hydrogen-bond donors (Lipinski definition) is 9. The molecule has 0 bridgehead atoms. The summed E-state index contributed by atoms with van der Waals surface area (Å²) >= 11 is 0. The van der Waals surface area contributed by atoms with Gasteiger partial charge in [0.15, 0.2) is 12.6 Å². The van der Waals surface area contributed by atoms with Crippen LogP contribution in [0.3, 0.4) is 0 Å². The summed E-state index contributed by atoms with van der Waals surface area (Å²) in [4.78, 5) is 0. The smallest absolute Gasteiger partial charge is 0.186 e. The number of aliphatic hydroxyl groups excluding tert-OH is 3. The molecule has 3 rings (SSSR count). The predicted molar refractivity (Wildman–Crippen MR) is 116 cm³/mol.